The standard InChI is InChI=1S/C10H20.C9H9F3O.C2H6/c1-3-9(2)10-7-5-4-6-8-10;1-6-2-3-8(9(10,11)12)4-7(6)5-13;1-2/h9-10H,3-8H2,1-2H3;2-4,13H,5H2,1H3;1-2H3. The Morgan fingerprint density at radius 1 is 1.12 bits per heavy atom. The van der Waals surface area contributed by atoms with E-state index in [1.807, 2.05) is 13.8 Å². The summed E-state index contributed by atoms with van der Waals surface area (Å²) >= 11 is 0. The van der Waals surface area contributed by atoms with Crippen LogP contribution < -0.4 is 0 Å². The highest BCUT2D eigenvalue weighted by molar-refractivity contribution is 5.31. The van der Waals surface area contributed by atoms with Crippen LogP contribution in [-0.4, -0.2) is 5.11 Å². The summed E-state index contributed by atoms with van der Waals surface area (Å²) in [7, 11) is 0. The van der Waals surface area contributed by atoms with Crippen molar-refractivity contribution in [2.24, 2.45) is 11.8 Å². The van der Waals surface area contributed by atoms with Gasteiger partial charge in [0, 0.05) is 0 Å². The average molecular weight is 361 g/mol. The van der Waals surface area contributed by atoms with Crippen molar-refractivity contribution in [3.05, 3.63) is 34.9 Å². The molecule has 1 saturated carbocycles. The van der Waals surface area contributed by atoms with Crippen LogP contribution in [0.25, 0.3) is 0 Å². The third-order valence-corrected chi connectivity index (χ3v) is 4.95. The summed E-state index contributed by atoms with van der Waals surface area (Å²) < 4.78 is 36.5. The zero-order chi connectivity index (χ0) is 19.5. The number of aliphatic hydroxyl groups is 1. The first-order chi connectivity index (χ1) is 11.8. The number of rotatable bonds is 3. The monoisotopic (exact) mass is 360 g/mol. The van der Waals surface area contributed by atoms with Crippen molar-refractivity contribution in [2.75, 3.05) is 0 Å². The normalized spacial score (nSPS) is 16.2. The van der Waals surface area contributed by atoms with Crippen LogP contribution in [0.2, 0.25) is 0 Å². The molecule has 1 aromatic rings. The van der Waals surface area contributed by atoms with Gasteiger partial charge in [0.1, 0.15) is 0 Å². The predicted octanol–water partition coefficient (Wildman–Crippen LogP) is 7.15. The van der Waals surface area contributed by atoms with Crippen LogP contribution in [0.15, 0.2) is 18.2 Å². The molecule has 0 saturated heterocycles. The van der Waals surface area contributed by atoms with Crippen LogP contribution in [0.4, 0.5) is 13.2 Å². The second-order valence-electron chi connectivity index (χ2n) is 6.58. The van der Waals surface area contributed by atoms with Crippen molar-refractivity contribution in [3.8, 4) is 0 Å². The molecular weight excluding hydrogens is 325 g/mol. The number of aryl methyl sites for hydroxylation is 1. The van der Waals surface area contributed by atoms with Gasteiger partial charge in [-0.2, -0.15) is 13.2 Å². The number of hydrogen-bond acceptors (Lipinski definition) is 1. The molecule has 2 rings (SSSR count). The summed E-state index contributed by atoms with van der Waals surface area (Å²) in [6, 6.07) is 3.33. The third-order valence-electron chi connectivity index (χ3n) is 4.95. The van der Waals surface area contributed by atoms with Gasteiger partial charge in [-0.3, -0.25) is 0 Å². The molecule has 0 aliphatic heterocycles. The molecule has 4 heteroatoms. The number of aliphatic hydroxyl groups excluding tert-OH is 1. The molecule has 25 heavy (non-hydrogen) atoms. The quantitative estimate of drug-likeness (QED) is 0.607. The van der Waals surface area contributed by atoms with Gasteiger partial charge in [-0.15, -0.1) is 0 Å². The summed E-state index contributed by atoms with van der Waals surface area (Å²) in [6.07, 6.45) is 4.54. The van der Waals surface area contributed by atoms with Gasteiger partial charge in [-0.05, 0) is 42.0 Å². The molecule has 1 N–H and O–H groups in total. The topological polar surface area (TPSA) is 20.2 Å². The smallest absolute Gasteiger partial charge is 0.392 e. The fourth-order valence-electron chi connectivity index (χ4n) is 3.05. The fourth-order valence-corrected chi connectivity index (χ4v) is 3.05. The molecule has 0 aromatic heterocycles. The molecule has 1 nitrogen and oxygen atoms in total. The van der Waals surface area contributed by atoms with Crippen molar-refractivity contribution < 1.29 is 18.3 Å². The van der Waals surface area contributed by atoms with Gasteiger partial charge in [-0.1, -0.05) is 72.3 Å². The number of hydrogen-bond donors (Lipinski definition) is 1. The Labute approximate surface area is 151 Å². The molecule has 1 unspecified atom stereocenters. The maximum absolute atomic E-state index is 12.2. The van der Waals surface area contributed by atoms with Crippen molar-refractivity contribution in [1.29, 1.82) is 0 Å². The van der Waals surface area contributed by atoms with Crippen molar-refractivity contribution in [1.82, 2.24) is 0 Å². The maximum atomic E-state index is 12.2. The first-order valence-corrected chi connectivity index (χ1v) is 9.57. The second-order valence-corrected chi connectivity index (χ2v) is 6.58. The van der Waals surface area contributed by atoms with Crippen LogP contribution in [0.1, 0.15) is 82.9 Å². The van der Waals surface area contributed by atoms with Gasteiger partial charge in [0.2, 0.25) is 0 Å². The van der Waals surface area contributed by atoms with E-state index in [0.717, 1.165) is 24.0 Å². The molecule has 0 spiro atoms. The van der Waals surface area contributed by atoms with E-state index in [1.54, 1.807) is 6.92 Å². The van der Waals surface area contributed by atoms with Gasteiger partial charge < -0.3 is 5.11 Å². The SMILES string of the molecule is CC.CCC(C)C1CCCCC1.Cc1ccc(C(F)(F)F)cc1CO. The highest BCUT2D eigenvalue weighted by atomic mass is 19.4. The Morgan fingerprint density at radius 2 is 1.68 bits per heavy atom. The minimum Gasteiger partial charge on any atom is -0.392 e. The van der Waals surface area contributed by atoms with Crippen LogP contribution >= 0.6 is 0 Å². The van der Waals surface area contributed by atoms with Gasteiger partial charge in [0.05, 0.1) is 12.2 Å². The lowest BCUT2D eigenvalue weighted by atomic mass is 9.80. The highest BCUT2D eigenvalue weighted by Crippen LogP contribution is 2.31. The van der Waals surface area contributed by atoms with E-state index < -0.39 is 11.7 Å². The van der Waals surface area contributed by atoms with Crippen LogP contribution in [0.5, 0.6) is 0 Å². The van der Waals surface area contributed by atoms with E-state index >= 15 is 0 Å². The Balaban J connectivity index is 0.000000430. The fraction of sp³-hybridized carbons (Fsp3) is 0.714. The largest absolute Gasteiger partial charge is 0.416 e. The molecular formula is C21H35F3O. The van der Waals surface area contributed by atoms with Gasteiger partial charge in [0.25, 0.3) is 0 Å². The highest BCUT2D eigenvalue weighted by Gasteiger charge is 2.30. The molecule has 0 radical (unpaired) electrons. The Morgan fingerprint density at radius 3 is 2.12 bits per heavy atom. The third kappa shape index (κ3) is 8.75. The first kappa shape index (κ1) is 24.0. The zero-order valence-corrected chi connectivity index (χ0v) is 16.4. The Hall–Kier alpha value is -1.03. The van der Waals surface area contributed by atoms with Crippen molar-refractivity contribution >= 4 is 0 Å². The molecule has 0 amide bonds. The molecule has 1 fully saturated rings. The summed E-state index contributed by atoms with van der Waals surface area (Å²) in [5, 5.41) is 8.74. The molecule has 1 aliphatic rings. The van der Waals surface area contributed by atoms with E-state index in [0.29, 0.717) is 11.1 Å². The van der Waals surface area contributed by atoms with E-state index in [-0.39, 0.29) is 6.61 Å². The Kier molecular flexibility index (Phi) is 11.8. The van der Waals surface area contributed by atoms with E-state index in [9.17, 15) is 13.2 Å². The lowest BCUT2D eigenvalue weighted by Gasteiger charge is -2.26. The molecule has 0 heterocycles. The van der Waals surface area contributed by atoms with Crippen LogP contribution in [-0.2, 0) is 12.8 Å². The van der Waals surface area contributed by atoms with Gasteiger partial charge >= 0.3 is 6.18 Å². The van der Waals surface area contributed by atoms with E-state index in [2.05, 4.69) is 13.8 Å². The summed E-state index contributed by atoms with van der Waals surface area (Å²) in [5.74, 6) is 2.05. The van der Waals surface area contributed by atoms with Crippen molar-refractivity contribution in [2.45, 2.75) is 85.9 Å². The van der Waals surface area contributed by atoms with Gasteiger partial charge in [-0.25, -0.2) is 0 Å². The predicted molar refractivity (Wildman–Crippen MR) is 99.5 cm³/mol. The number of benzene rings is 1. The summed E-state index contributed by atoms with van der Waals surface area (Å²) in [4.78, 5) is 0. The minimum absolute atomic E-state index is 0.315. The van der Waals surface area contributed by atoms with Crippen LogP contribution in [0.3, 0.4) is 0 Å². The molecule has 1 atom stereocenters. The summed E-state index contributed by atoms with van der Waals surface area (Å²) in [6.45, 7) is 10.0. The molecule has 1 aromatic carbocycles. The first-order valence-electron chi connectivity index (χ1n) is 9.57. The Bertz CT molecular complexity index is 463. The van der Waals surface area contributed by atoms with Gasteiger partial charge in [0.15, 0.2) is 0 Å². The van der Waals surface area contributed by atoms with Crippen LogP contribution in [0, 0.1) is 18.8 Å². The van der Waals surface area contributed by atoms with Crippen molar-refractivity contribution in [3.63, 3.8) is 0 Å². The summed E-state index contributed by atoms with van der Waals surface area (Å²) in [5.41, 5.74) is 0.257. The maximum Gasteiger partial charge on any atom is 0.416 e. The number of alkyl halides is 3. The zero-order valence-electron chi connectivity index (χ0n) is 16.4. The second kappa shape index (κ2) is 12.3. The minimum atomic E-state index is -4.34. The molecule has 0 bridgehead atoms. The average Bonchev–Trinajstić information content (AvgIpc) is 2.63. The van der Waals surface area contributed by atoms with E-state index in [4.69, 9.17) is 5.11 Å². The van der Waals surface area contributed by atoms with E-state index in [1.165, 1.54) is 44.6 Å². The number of halogens is 3. The lowest BCUT2D eigenvalue weighted by Crippen LogP contribution is -2.14. The molecule has 146 valence electrons. The molecule has 1 aliphatic carbocycles. The lowest BCUT2D eigenvalue weighted by molar-refractivity contribution is -0.137.